The maximum Gasteiger partial charge on any atom is 0.290 e. The molecule has 1 amide bonds. The molecule has 3 saturated heterocycles. The highest BCUT2D eigenvalue weighted by atomic mass is 79.9. The van der Waals surface area contributed by atoms with Crippen molar-refractivity contribution >= 4 is 12.4 Å². The zero-order valence-corrected chi connectivity index (χ0v) is 23.4. The first-order chi connectivity index (χ1) is 18.0. The number of quaternary nitrogens is 1. The normalized spacial score (nSPS) is 23.0. The van der Waals surface area contributed by atoms with Crippen LogP contribution in [0, 0.1) is 5.92 Å². The predicted octanol–water partition coefficient (Wildman–Crippen LogP) is 1.59. The van der Waals surface area contributed by atoms with Gasteiger partial charge in [-0.05, 0) is 30.2 Å². The first kappa shape index (κ1) is 27.9. The van der Waals surface area contributed by atoms with Crippen molar-refractivity contribution in [2.45, 2.75) is 37.8 Å². The number of hydrogen-bond donors (Lipinski definition) is 1. The van der Waals surface area contributed by atoms with E-state index in [1.54, 1.807) is 0 Å². The van der Waals surface area contributed by atoms with Crippen molar-refractivity contribution in [3.63, 3.8) is 0 Å². The number of fused-ring (bicyclic) bond motifs is 5. The quantitative estimate of drug-likeness (QED) is 0.354. The number of amides is 1. The van der Waals surface area contributed by atoms with Crippen molar-refractivity contribution in [2.24, 2.45) is 5.92 Å². The Bertz CT molecular complexity index is 1180. The number of nitrogens with zero attached hydrogens (tertiary/aromatic N) is 3. The highest BCUT2D eigenvalue weighted by Crippen LogP contribution is 2.45. The minimum Gasteiger partial charge on any atom is -1.00 e. The van der Waals surface area contributed by atoms with E-state index in [9.17, 15) is 4.79 Å². The molecule has 1 atom stereocenters. The van der Waals surface area contributed by atoms with E-state index in [-0.39, 0.29) is 35.3 Å². The van der Waals surface area contributed by atoms with Crippen LogP contribution in [-0.2, 0) is 16.1 Å². The smallest absolute Gasteiger partial charge is 0.290 e. The monoisotopic (exact) mass is 581 g/mol. The summed E-state index contributed by atoms with van der Waals surface area (Å²) >= 11 is 0. The Hall–Kier alpha value is -3.10. The number of carbonyl (C=O) groups is 2. The Labute approximate surface area is 235 Å². The van der Waals surface area contributed by atoms with E-state index in [0.717, 1.165) is 35.7 Å². The standard InChI is InChI=1S/C29H34N3O2.CH2O2.BrH/c1-30(25-21-32(19-13-22(25)14-20-32)18-8-17-31-15-6-7-16-31)29(33)28-23-9-2-4-11-26(23)34-27-12-5-3-10-24(27)28;2-1-3;/h2-7,9-12,15-16,22,25,28H,8,13-14,17-21H2,1H3;1H,(H,2,3);1H/q+1;;/p-1/t22?,25-,32?;;/m0../s1. The average Bonchev–Trinajstić information content (AvgIpc) is 3.45. The van der Waals surface area contributed by atoms with Crippen LogP contribution >= 0.6 is 0 Å². The van der Waals surface area contributed by atoms with Crippen LogP contribution in [0.4, 0.5) is 0 Å². The third-order valence-corrected chi connectivity index (χ3v) is 8.55. The van der Waals surface area contributed by atoms with Gasteiger partial charge in [-0.2, -0.15) is 0 Å². The van der Waals surface area contributed by atoms with Gasteiger partial charge in [0.05, 0.1) is 38.1 Å². The maximum absolute atomic E-state index is 14.1. The molecule has 2 aromatic carbocycles. The molecule has 4 aliphatic rings. The molecule has 7 nitrogen and oxygen atoms in total. The summed E-state index contributed by atoms with van der Waals surface area (Å²) in [6.07, 6.45) is 7.95. The summed E-state index contributed by atoms with van der Waals surface area (Å²) in [4.78, 5) is 24.6. The number of piperidine rings is 3. The molecule has 3 aromatic rings. The lowest BCUT2D eigenvalue weighted by atomic mass is 9.79. The summed E-state index contributed by atoms with van der Waals surface area (Å²) in [5, 5.41) is 6.89. The molecule has 202 valence electrons. The SMILES string of the molecule is CN(C(=O)C1c2ccccc2Oc2ccccc21)[C@H]1C[N+]2(CCCn3cccc3)CCC1CC2.O=CO.[Br-]. The van der Waals surface area contributed by atoms with E-state index in [1.165, 1.54) is 43.4 Å². The van der Waals surface area contributed by atoms with Gasteiger partial charge in [-0.1, -0.05) is 36.4 Å². The number of rotatable bonds is 6. The number of ether oxygens (including phenoxy) is 1. The van der Waals surface area contributed by atoms with Crippen molar-refractivity contribution < 1.29 is 40.9 Å². The van der Waals surface area contributed by atoms with Gasteiger partial charge < -0.3 is 40.8 Å². The molecule has 1 aromatic heterocycles. The maximum atomic E-state index is 14.1. The number of aromatic nitrogens is 1. The van der Waals surface area contributed by atoms with Crippen LogP contribution in [0.15, 0.2) is 73.1 Å². The molecule has 1 N–H and O–H groups in total. The fourth-order valence-corrected chi connectivity index (χ4v) is 6.65. The number of aryl methyl sites for hydroxylation is 1. The molecular weight excluding hydrogens is 546 g/mol. The summed E-state index contributed by atoms with van der Waals surface area (Å²) in [5.74, 6) is 2.12. The number of carboxylic acid groups (broad SMARTS) is 1. The Balaban J connectivity index is 0.000000804. The predicted molar refractivity (Wildman–Crippen MR) is 142 cm³/mol. The summed E-state index contributed by atoms with van der Waals surface area (Å²) in [5.41, 5.74) is 1.96. The van der Waals surface area contributed by atoms with Gasteiger partial charge in [0.1, 0.15) is 11.5 Å². The van der Waals surface area contributed by atoms with Crippen LogP contribution in [0.25, 0.3) is 0 Å². The molecular formula is C30H36BrN3O4. The number of hydrogen-bond acceptors (Lipinski definition) is 3. The summed E-state index contributed by atoms with van der Waals surface area (Å²) in [7, 11) is 2.05. The van der Waals surface area contributed by atoms with E-state index in [2.05, 4.69) is 34.0 Å². The van der Waals surface area contributed by atoms with E-state index < -0.39 is 0 Å². The van der Waals surface area contributed by atoms with E-state index in [4.69, 9.17) is 14.6 Å². The van der Waals surface area contributed by atoms with E-state index in [0.29, 0.717) is 12.0 Å². The molecule has 8 heteroatoms. The second-order valence-electron chi connectivity index (χ2n) is 10.5. The van der Waals surface area contributed by atoms with Crippen molar-refractivity contribution in [3.8, 4) is 11.5 Å². The van der Waals surface area contributed by atoms with Crippen molar-refractivity contribution in [1.29, 1.82) is 0 Å². The zero-order chi connectivity index (χ0) is 25.8. The van der Waals surface area contributed by atoms with Crippen LogP contribution in [0.3, 0.4) is 0 Å². The molecule has 0 spiro atoms. The molecule has 5 heterocycles. The van der Waals surface area contributed by atoms with Crippen molar-refractivity contribution in [1.82, 2.24) is 9.47 Å². The van der Waals surface area contributed by atoms with Gasteiger partial charge in [0, 0.05) is 56.4 Å². The number of para-hydroxylation sites is 2. The molecule has 0 saturated carbocycles. The second-order valence-corrected chi connectivity index (χ2v) is 10.5. The average molecular weight is 583 g/mol. The lowest BCUT2D eigenvalue weighted by Crippen LogP contribution is -3.00. The Morgan fingerprint density at radius 2 is 1.58 bits per heavy atom. The Morgan fingerprint density at radius 3 is 2.16 bits per heavy atom. The zero-order valence-electron chi connectivity index (χ0n) is 21.8. The van der Waals surface area contributed by atoms with Gasteiger partial charge in [-0.3, -0.25) is 9.59 Å². The van der Waals surface area contributed by atoms with Gasteiger partial charge in [0.25, 0.3) is 6.47 Å². The molecule has 0 unspecified atom stereocenters. The van der Waals surface area contributed by atoms with Crippen molar-refractivity contribution in [3.05, 3.63) is 84.2 Å². The van der Waals surface area contributed by atoms with Gasteiger partial charge in [0.15, 0.2) is 0 Å². The highest BCUT2D eigenvalue weighted by molar-refractivity contribution is 5.89. The Kier molecular flexibility index (Phi) is 8.95. The third-order valence-electron chi connectivity index (χ3n) is 8.55. The highest BCUT2D eigenvalue weighted by Gasteiger charge is 2.49. The van der Waals surface area contributed by atoms with E-state index in [1.807, 2.05) is 55.6 Å². The Morgan fingerprint density at radius 1 is 1.03 bits per heavy atom. The first-order valence-corrected chi connectivity index (χ1v) is 13.2. The largest absolute Gasteiger partial charge is 1.00 e. The van der Waals surface area contributed by atoms with Crippen LogP contribution in [0.1, 0.15) is 36.3 Å². The second kappa shape index (κ2) is 12.2. The lowest BCUT2D eigenvalue weighted by molar-refractivity contribution is -0.945. The molecule has 38 heavy (non-hydrogen) atoms. The fourth-order valence-electron chi connectivity index (χ4n) is 6.65. The van der Waals surface area contributed by atoms with Crippen LogP contribution in [-0.4, -0.2) is 70.7 Å². The van der Waals surface area contributed by atoms with Crippen LogP contribution < -0.4 is 21.7 Å². The molecule has 0 aliphatic carbocycles. The number of halogens is 1. The third kappa shape index (κ3) is 5.52. The first-order valence-electron chi connectivity index (χ1n) is 13.2. The van der Waals surface area contributed by atoms with Gasteiger partial charge in [-0.25, -0.2) is 0 Å². The molecule has 3 fully saturated rings. The minimum absolute atomic E-state index is 0. The molecule has 7 rings (SSSR count). The van der Waals surface area contributed by atoms with E-state index >= 15 is 0 Å². The van der Waals surface area contributed by atoms with Crippen LogP contribution in [0.2, 0.25) is 0 Å². The van der Waals surface area contributed by atoms with Gasteiger partial charge >= 0.3 is 0 Å². The van der Waals surface area contributed by atoms with Gasteiger partial charge in [0.2, 0.25) is 5.91 Å². The fraction of sp³-hybridized carbons (Fsp3) is 0.400. The summed E-state index contributed by atoms with van der Waals surface area (Å²) in [6, 6.07) is 20.5. The lowest BCUT2D eigenvalue weighted by Gasteiger charge is -2.55. The molecule has 4 aliphatic heterocycles. The van der Waals surface area contributed by atoms with Crippen LogP contribution in [0.5, 0.6) is 11.5 Å². The molecule has 0 radical (unpaired) electrons. The molecule has 2 bridgehead atoms. The summed E-state index contributed by atoms with van der Waals surface area (Å²) < 4.78 is 9.60. The number of carbonyl (C=O) groups excluding carboxylic acids is 1. The number of benzene rings is 2. The number of likely N-dealkylation sites (N-methyl/N-ethyl adjacent to an activating group) is 1. The minimum atomic E-state index is -0.302. The van der Waals surface area contributed by atoms with Gasteiger partial charge in [-0.15, -0.1) is 0 Å². The topological polar surface area (TPSA) is 71.8 Å². The van der Waals surface area contributed by atoms with Crippen molar-refractivity contribution in [2.75, 3.05) is 33.2 Å². The summed E-state index contributed by atoms with van der Waals surface area (Å²) in [6.45, 7) is 5.64.